The molecular formula is C77H159N9O5S. The van der Waals surface area contributed by atoms with Crippen LogP contribution in [-0.2, 0) is 24.1 Å². The van der Waals surface area contributed by atoms with Gasteiger partial charge < -0.3 is 56.9 Å². The van der Waals surface area contributed by atoms with E-state index in [-0.39, 0.29) is 23.0 Å². The number of nitrogens with one attached hydrogen (secondary N) is 8. The second kappa shape index (κ2) is 49.5. The van der Waals surface area contributed by atoms with Gasteiger partial charge >= 0.3 is 0 Å². The van der Waals surface area contributed by atoms with E-state index < -0.39 is 9.84 Å². The Kier molecular flexibility index (Phi) is 46.9. The number of sulfone groups is 1. The van der Waals surface area contributed by atoms with Crippen LogP contribution in [-0.4, -0.2) is 172 Å². The maximum atomic E-state index is 11.4. The Labute approximate surface area is 572 Å². The molecule has 15 heteroatoms. The third-order valence-corrected chi connectivity index (χ3v) is 24.2. The lowest BCUT2D eigenvalue weighted by Crippen LogP contribution is -2.46. The number of hydrogen-bond donors (Lipinski definition) is 8. The van der Waals surface area contributed by atoms with Gasteiger partial charge in [-0.25, -0.2) is 8.42 Å². The zero-order valence-corrected chi connectivity index (χ0v) is 65.2. The van der Waals surface area contributed by atoms with Gasteiger partial charge in [-0.3, -0.25) is 4.79 Å². The number of carbonyl (C=O) groups is 1. The summed E-state index contributed by atoms with van der Waals surface area (Å²) in [6.45, 7) is 60.7. The molecule has 11 fully saturated rings. The van der Waals surface area contributed by atoms with E-state index in [1.54, 1.807) is 0 Å². The summed E-state index contributed by atoms with van der Waals surface area (Å²) in [5.41, 5.74) is 0. The van der Waals surface area contributed by atoms with Gasteiger partial charge in [0.15, 0.2) is 9.84 Å². The van der Waals surface area contributed by atoms with E-state index in [1.165, 1.54) is 149 Å². The zero-order valence-electron chi connectivity index (χ0n) is 64.4. The lowest BCUT2D eigenvalue weighted by molar-refractivity contribution is -0.128. The van der Waals surface area contributed by atoms with Crippen LogP contribution in [0.3, 0.4) is 0 Å². The molecule has 0 spiro atoms. The van der Waals surface area contributed by atoms with E-state index >= 15 is 0 Å². The van der Waals surface area contributed by atoms with Crippen LogP contribution in [0.4, 0.5) is 0 Å². The van der Waals surface area contributed by atoms with E-state index in [9.17, 15) is 13.2 Å². The quantitative estimate of drug-likeness (QED) is 0.104. The highest BCUT2D eigenvalue weighted by molar-refractivity contribution is 7.92. The second-order valence-electron chi connectivity index (χ2n) is 32.9. The minimum absolute atomic E-state index is 0.170. The Morgan fingerprint density at radius 1 is 0.424 bits per heavy atom. The molecule has 0 aromatic carbocycles. The average Bonchev–Trinajstić information content (AvgIpc) is 1.65. The number of hydrogen-bond acceptors (Lipinski definition) is 13. The molecular weight excluding hydrogens is 1160 g/mol. The van der Waals surface area contributed by atoms with Gasteiger partial charge in [-0.1, -0.05) is 145 Å². The fourth-order valence-electron chi connectivity index (χ4n) is 14.4. The number of ether oxygens (including phenoxy) is 2. The Morgan fingerprint density at radius 2 is 0.989 bits per heavy atom. The Bertz CT molecular complexity index is 1720. The topological polar surface area (TPSA) is 169 Å². The lowest BCUT2D eigenvalue weighted by Gasteiger charge is -2.26. The molecule has 10 aliphatic heterocycles. The largest absolute Gasteiger partial charge is 0.378 e. The molecule has 10 heterocycles. The molecule has 0 aromatic rings. The smallest absolute Gasteiger partial charge is 0.223 e. The molecule has 14 nitrogen and oxygen atoms in total. The van der Waals surface area contributed by atoms with Gasteiger partial charge in [0.25, 0.3) is 0 Å². The van der Waals surface area contributed by atoms with Crippen molar-refractivity contribution in [2.24, 2.45) is 88.8 Å². The van der Waals surface area contributed by atoms with Crippen LogP contribution in [0.5, 0.6) is 0 Å². The van der Waals surface area contributed by atoms with Gasteiger partial charge in [0, 0.05) is 69.4 Å². The summed E-state index contributed by atoms with van der Waals surface area (Å²) in [4.78, 5) is 13.6. The summed E-state index contributed by atoms with van der Waals surface area (Å²) in [6.07, 6.45) is 24.1. The monoisotopic (exact) mass is 1320 g/mol. The van der Waals surface area contributed by atoms with E-state index in [1.807, 2.05) is 13.8 Å². The average molecular weight is 1320 g/mol. The van der Waals surface area contributed by atoms with Crippen LogP contribution in [0.2, 0.25) is 0 Å². The van der Waals surface area contributed by atoms with Crippen LogP contribution < -0.4 is 42.5 Å². The van der Waals surface area contributed by atoms with Gasteiger partial charge in [-0.2, -0.15) is 0 Å². The Hall–Kier alpha value is -0.980. The number of nitrogens with zero attached hydrogens (tertiary/aromatic N) is 1. The number of morpholine rings is 1. The van der Waals surface area contributed by atoms with Gasteiger partial charge in [-0.15, -0.1) is 0 Å². The molecule has 1 aliphatic carbocycles. The summed E-state index contributed by atoms with van der Waals surface area (Å²) in [7, 11) is -0.552. The molecule has 1 saturated carbocycles. The minimum Gasteiger partial charge on any atom is -0.378 e. The third-order valence-electron chi connectivity index (χ3n) is 21.7. The van der Waals surface area contributed by atoms with Crippen molar-refractivity contribution in [2.75, 3.05) is 111 Å². The predicted octanol–water partition coefficient (Wildman–Crippen LogP) is 13.5. The molecule has 11 rings (SSSR count). The van der Waals surface area contributed by atoms with Crippen molar-refractivity contribution in [3.8, 4) is 0 Å². The van der Waals surface area contributed by atoms with E-state index in [2.05, 4.69) is 179 Å². The molecule has 10 saturated heterocycles. The van der Waals surface area contributed by atoms with Crippen molar-refractivity contribution < 1.29 is 22.7 Å². The highest BCUT2D eigenvalue weighted by atomic mass is 32.2. The molecule has 0 bridgehead atoms. The van der Waals surface area contributed by atoms with E-state index in [0.717, 1.165) is 135 Å². The Morgan fingerprint density at radius 3 is 1.28 bits per heavy atom. The van der Waals surface area contributed by atoms with E-state index in [0.29, 0.717) is 42.9 Å². The van der Waals surface area contributed by atoms with Crippen molar-refractivity contribution in [2.45, 2.75) is 289 Å². The van der Waals surface area contributed by atoms with E-state index in [4.69, 9.17) is 9.47 Å². The van der Waals surface area contributed by atoms with Crippen LogP contribution in [0.25, 0.3) is 0 Å². The van der Waals surface area contributed by atoms with Crippen molar-refractivity contribution in [3.63, 3.8) is 0 Å². The predicted molar refractivity (Wildman–Crippen MR) is 398 cm³/mol. The van der Waals surface area contributed by atoms with Gasteiger partial charge in [0.2, 0.25) is 5.91 Å². The SMILES string of the molecule is CC(C)C1CCCCN1.CC(C)C1CCCNC1.CC(C)C1CCCNC1.CC(C)C1CCCNC1=O.CC(C)C1CCNCC1.CC(C)C1CNCCO1.CC(C)C1CNCCS1(=O)=O.CC(C)[C@@H]1CCCN1C.CC(C)[C@@H]1CCCO1.CC(C)[C@@H]1C[C@@H]2C[C@@H]2N1. The first-order chi connectivity index (χ1) is 43.6. The molecule has 11 aliphatic rings. The molecule has 6 unspecified atom stereocenters. The van der Waals surface area contributed by atoms with Gasteiger partial charge in [-0.05, 0) is 245 Å². The van der Waals surface area contributed by atoms with Crippen LogP contribution >= 0.6 is 0 Å². The molecule has 0 aromatic heterocycles. The van der Waals surface area contributed by atoms with Crippen LogP contribution in [0, 0.1) is 88.8 Å². The van der Waals surface area contributed by atoms with Gasteiger partial charge in [0.1, 0.15) is 0 Å². The number of carbonyl (C=O) groups excluding carboxylic acids is 1. The normalized spacial score (nSPS) is 30.3. The maximum absolute atomic E-state index is 11.4. The first kappa shape index (κ1) is 87.1. The fourth-order valence-corrected chi connectivity index (χ4v) is 16.4. The summed E-state index contributed by atoms with van der Waals surface area (Å²) >= 11 is 0. The van der Waals surface area contributed by atoms with Crippen molar-refractivity contribution in [3.05, 3.63) is 0 Å². The molecule has 0 radical (unpaired) electrons. The highest BCUT2D eigenvalue weighted by Gasteiger charge is 2.46. The summed E-state index contributed by atoms with van der Waals surface area (Å²) in [6, 6.07) is 3.44. The molecule has 1 amide bonds. The molecule has 11 atom stereocenters. The number of rotatable bonds is 10. The zero-order chi connectivity index (χ0) is 68.8. The van der Waals surface area contributed by atoms with Crippen LogP contribution in [0.1, 0.15) is 248 Å². The van der Waals surface area contributed by atoms with Crippen LogP contribution in [0.15, 0.2) is 0 Å². The van der Waals surface area contributed by atoms with Crippen molar-refractivity contribution in [1.29, 1.82) is 0 Å². The third kappa shape index (κ3) is 37.8. The minimum atomic E-state index is -2.79. The summed E-state index contributed by atoms with van der Waals surface area (Å²) in [5, 5.41) is 26.4. The fraction of sp³-hybridized carbons (Fsp3) is 0.987. The first-order valence-electron chi connectivity index (χ1n) is 39.0. The number of piperidine rings is 6. The standard InChI is InChI=1S/C8H15NO.C8H15N.5C8H17N.C7H15NO2S.C7H15NO.C7H14O/c1-6(2)7-4-3-5-9-8(7)10;1-5(2)7-3-6-4-8(6)9-7;1-7(2)8-5-4-6-9(8)3;1-7(2)8-3-5-9-6-4-8;2*1-7(2)8-4-3-5-9-6-8;1-7(2)8-5-3-4-6-9-8;1-6(2)7-5-8-3-4-11(7,9)10;1-6(2)7-5-8-3-4-9-7;1-6(2)7-4-3-5-8-7/h6-7H,3-5H2,1-2H3,(H,9,10);5-9H,3-4H2,1-2H3;7-8H,4-6H2,1-3H3;4*7-9H,3-6H2,1-2H3;6-8H,3-5H2,1-2H3;6-8H,3-5H2,1-2H3;6-7H,3-5H2,1-2H3/t;6-,7+,8+;8-;;;;;;;7-/m.10......0/s1. The lowest BCUT2D eigenvalue weighted by atomic mass is 9.87. The van der Waals surface area contributed by atoms with Crippen molar-refractivity contribution >= 4 is 15.7 Å². The van der Waals surface area contributed by atoms with Crippen molar-refractivity contribution in [1.82, 2.24) is 47.4 Å². The Balaban J connectivity index is 0.000000348. The molecule has 8 N–H and O–H groups in total. The second-order valence-corrected chi connectivity index (χ2v) is 35.3. The highest BCUT2D eigenvalue weighted by Crippen LogP contribution is 2.42. The first-order valence-corrected chi connectivity index (χ1v) is 40.7. The molecule has 92 heavy (non-hydrogen) atoms. The maximum Gasteiger partial charge on any atom is 0.223 e. The number of amides is 1. The summed E-state index contributed by atoms with van der Waals surface area (Å²) < 4.78 is 33.7. The summed E-state index contributed by atoms with van der Waals surface area (Å²) in [5.74, 6) is 12.0. The number of likely N-dealkylation sites (tertiary alicyclic amines) is 1. The molecule has 548 valence electrons. The number of fused-ring (bicyclic) bond motifs is 1. The van der Waals surface area contributed by atoms with Gasteiger partial charge in [0.05, 0.1) is 29.8 Å².